The van der Waals surface area contributed by atoms with Crippen LogP contribution in [0.3, 0.4) is 0 Å². The lowest BCUT2D eigenvalue weighted by atomic mass is 10.0. The molecule has 0 spiro atoms. The summed E-state index contributed by atoms with van der Waals surface area (Å²) in [6.07, 6.45) is 4.72. The molecule has 0 radical (unpaired) electrons. The van der Waals surface area contributed by atoms with Crippen molar-refractivity contribution >= 4 is 22.4 Å². The SMILES string of the molecule is Cc1ccc(OCc2ccc(C(=O)N3CCCCC3)cc2C)c(-c2csc(N3CC4CCN(C3)C4C)n2)c1. The third-order valence-corrected chi connectivity index (χ3v) is 9.54. The Bertz CT molecular complexity index is 1300. The van der Waals surface area contributed by atoms with Crippen LogP contribution in [0, 0.1) is 19.8 Å². The van der Waals surface area contributed by atoms with Gasteiger partial charge in [-0.3, -0.25) is 9.69 Å². The number of hydrogen-bond donors (Lipinski definition) is 0. The van der Waals surface area contributed by atoms with E-state index in [-0.39, 0.29) is 5.91 Å². The summed E-state index contributed by atoms with van der Waals surface area (Å²) < 4.78 is 6.39. The molecule has 2 aromatic carbocycles. The van der Waals surface area contributed by atoms with E-state index in [9.17, 15) is 4.79 Å². The molecule has 6 nitrogen and oxygen atoms in total. The van der Waals surface area contributed by atoms with Crippen LogP contribution in [0.1, 0.15) is 59.7 Å². The number of anilines is 1. The molecule has 3 atom stereocenters. The van der Waals surface area contributed by atoms with Crippen molar-refractivity contribution in [2.45, 2.75) is 59.1 Å². The van der Waals surface area contributed by atoms with Crippen molar-refractivity contribution in [3.63, 3.8) is 0 Å². The average Bonchev–Trinajstić information content (AvgIpc) is 3.49. The number of aromatic nitrogens is 1. The minimum atomic E-state index is 0.147. The van der Waals surface area contributed by atoms with Crippen molar-refractivity contribution in [3.05, 3.63) is 64.0 Å². The lowest BCUT2D eigenvalue weighted by molar-refractivity contribution is 0.0724. The zero-order valence-corrected chi connectivity index (χ0v) is 23.6. The fourth-order valence-corrected chi connectivity index (χ4v) is 6.97. The van der Waals surface area contributed by atoms with Gasteiger partial charge in [0.2, 0.25) is 0 Å². The zero-order valence-electron chi connectivity index (χ0n) is 22.8. The number of fused-ring (bicyclic) bond motifs is 2. The third kappa shape index (κ3) is 5.06. The molecule has 6 rings (SSSR count). The molecular weight excluding hydrogens is 492 g/mol. The van der Waals surface area contributed by atoms with Crippen molar-refractivity contribution in [1.82, 2.24) is 14.8 Å². The van der Waals surface area contributed by atoms with E-state index in [2.05, 4.69) is 54.2 Å². The molecule has 3 aliphatic rings. The molecule has 38 heavy (non-hydrogen) atoms. The summed E-state index contributed by atoms with van der Waals surface area (Å²) in [7, 11) is 0. The maximum Gasteiger partial charge on any atom is 0.253 e. The molecule has 3 unspecified atom stereocenters. The van der Waals surface area contributed by atoms with E-state index in [4.69, 9.17) is 9.72 Å². The van der Waals surface area contributed by atoms with Crippen LogP contribution in [-0.2, 0) is 6.61 Å². The van der Waals surface area contributed by atoms with Crippen LogP contribution < -0.4 is 9.64 Å². The lowest BCUT2D eigenvalue weighted by Gasteiger charge is -2.38. The number of hydrogen-bond acceptors (Lipinski definition) is 6. The maximum absolute atomic E-state index is 12.9. The number of piperidine rings is 1. The van der Waals surface area contributed by atoms with Gasteiger partial charge in [0.05, 0.1) is 12.4 Å². The monoisotopic (exact) mass is 530 g/mol. The minimum Gasteiger partial charge on any atom is -0.488 e. The molecule has 3 aliphatic heterocycles. The Hall–Kier alpha value is -2.90. The predicted molar refractivity (Wildman–Crippen MR) is 154 cm³/mol. The second kappa shape index (κ2) is 10.7. The number of thiazole rings is 1. The molecule has 7 heteroatoms. The van der Waals surface area contributed by atoms with Crippen molar-refractivity contribution in [3.8, 4) is 17.0 Å². The minimum absolute atomic E-state index is 0.147. The Morgan fingerprint density at radius 3 is 2.71 bits per heavy atom. The fourth-order valence-electron chi connectivity index (χ4n) is 6.15. The van der Waals surface area contributed by atoms with Crippen LogP contribution in [-0.4, -0.2) is 59.6 Å². The van der Waals surface area contributed by atoms with E-state index in [0.717, 1.165) is 83.9 Å². The van der Waals surface area contributed by atoms with Gasteiger partial charge in [0, 0.05) is 48.7 Å². The summed E-state index contributed by atoms with van der Waals surface area (Å²) in [6.45, 7) is 12.0. The standard InChI is InChI=1S/C31H38N4O2S/c1-21-7-10-29(37-18-26-9-8-24(16-22(26)2)30(36)33-12-5-4-6-13-33)27(15-21)28-19-38-31(32-28)35-17-25-11-14-34(20-35)23(25)3/h7-10,15-16,19,23,25H,4-6,11-14,17-18,20H2,1-3H3. The van der Waals surface area contributed by atoms with E-state index in [1.54, 1.807) is 11.3 Å². The van der Waals surface area contributed by atoms with Gasteiger partial charge in [0.1, 0.15) is 12.4 Å². The van der Waals surface area contributed by atoms with Crippen molar-refractivity contribution < 1.29 is 9.53 Å². The quantitative estimate of drug-likeness (QED) is 0.384. The van der Waals surface area contributed by atoms with Gasteiger partial charge >= 0.3 is 0 Å². The summed E-state index contributed by atoms with van der Waals surface area (Å²) in [5.74, 6) is 1.73. The van der Waals surface area contributed by atoms with Crippen LogP contribution in [0.2, 0.25) is 0 Å². The Labute approximate surface area is 230 Å². The van der Waals surface area contributed by atoms with Crippen molar-refractivity contribution in [2.24, 2.45) is 5.92 Å². The summed E-state index contributed by atoms with van der Waals surface area (Å²) in [6, 6.07) is 13.0. The van der Waals surface area contributed by atoms with Crippen molar-refractivity contribution in [2.75, 3.05) is 37.7 Å². The molecule has 1 amide bonds. The van der Waals surface area contributed by atoms with E-state index in [1.165, 1.54) is 24.9 Å². The van der Waals surface area contributed by atoms with Gasteiger partial charge in [-0.25, -0.2) is 4.98 Å². The van der Waals surface area contributed by atoms with E-state index < -0.39 is 0 Å². The molecule has 4 heterocycles. The number of nitrogens with zero attached hydrogens (tertiary/aromatic N) is 4. The number of ether oxygens (including phenoxy) is 1. The Morgan fingerprint density at radius 2 is 1.92 bits per heavy atom. The molecule has 3 fully saturated rings. The van der Waals surface area contributed by atoms with Crippen LogP contribution in [0.4, 0.5) is 5.13 Å². The van der Waals surface area contributed by atoms with Gasteiger partial charge in [-0.2, -0.15) is 0 Å². The first-order valence-corrected chi connectivity index (χ1v) is 14.9. The summed E-state index contributed by atoms with van der Waals surface area (Å²) in [4.78, 5) is 25.0. The highest BCUT2D eigenvalue weighted by Gasteiger charge is 2.38. The Kier molecular flexibility index (Phi) is 7.14. The van der Waals surface area contributed by atoms with E-state index in [0.29, 0.717) is 12.6 Å². The number of aryl methyl sites for hydroxylation is 2. The van der Waals surface area contributed by atoms with E-state index in [1.807, 2.05) is 23.1 Å². The molecule has 2 bridgehead atoms. The number of benzene rings is 2. The Morgan fingerprint density at radius 1 is 1.08 bits per heavy atom. The first-order chi connectivity index (χ1) is 18.5. The molecule has 0 aliphatic carbocycles. The highest BCUT2D eigenvalue weighted by Crippen LogP contribution is 2.38. The van der Waals surface area contributed by atoms with Crippen LogP contribution in [0.15, 0.2) is 41.8 Å². The van der Waals surface area contributed by atoms with Gasteiger partial charge in [0.25, 0.3) is 5.91 Å². The number of amides is 1. The molecule has 3 saturated heterocycles. The smallest absolute Gasteiger partial charge is 0.253 e. The highest BCUT2D eigenvalue weighted by atomic mass is 32.1. The Balaban J connectivity index is 1.17. The van der Waals surface area contributed by atoms with Gasteiger partial charge in [0.15, 0.2) is 5.13 Å². The predicted octanol–water partition coefficient (Wildman–Crippen LogP) is 6.12. The topological polar surface area (TPSA) is 48.9 Å². The van der Waals surface area contributed by atoms with E-state index >= 15 is 0 Å². The molecule has 200 valence electrons. The molecule has 1 aromatic heterocycles. The second-order valence-electron chi connectivity index (χ2n) is 11.3. The largest absolute Gasteiger partial charge is 0.488 e. The second-order valence-corrected chi connectivity index (χ2v) is 12.1. The molecular formula is C31H38N4O2S. The normalized spacial score (nSPS) is 23.1. The highest BCUT2D eigenvalue weighted by molar-refractivity contribution is 7.14. The van der Waals surface area contributed by atoms with Crippen LogP contribution in [0.5, 0.6) is 5.75 Å². The number of likely N-dealkylation sites (tertiary alicyclic amines) is 1. The van der Waals surface area contributed by atoms with Crippen LogP contribution >= 0.6 is 11.3 Å². The first-order valence-electron chi connectivity index (χ1n) is 14.0. The van der Waals surface area contributed by atoms with Gasteiger partial charge in [-0.15, -0.1) is 11.3 Å². The number of carbonyl (C=O) groups excluding carboxylic acids is 1. The van der Waals surface area contributed by atoms with Crippen LogP contribution in [0.25, 0.3) is 11.3 Å². The van der Waals surface area contributed by atoms with Gasteiger partial charge in [-0.1, -0.05) is 17.7 Å². The van der Waals surface area contributed by atoms with Crippen molar-refractivity contribution in [1.29, 1.82) is 0 Å². The number of carbonyl (C=O) groups is 1. The molecule has 3 aromatic rings. The summed E-state index contributed by atoms with van der Waals surface area (Å²) in [5.41, 5.74) is 6.16. The molecule has 0 saturated carbocycles. The first kappa shape index (κ1) is 25.4. The fraction of sp³-hybridized carbons (Fsp3) is 0.484. The average molecular weight is 531 g/mol. The number of rotatable bonds is 6. The lowest BCUT2D eigenvalue weighted by Crippen LogP contribution is -2.49. The van der Waals surface area contributed by atoms with Gasteiger partial charge < -0.3 is 14.5 Å². The summed E-state index contributed by atoms with van der Waals surface area (Å²) in [5, 5.41) is 3.26. The maximum atomic E-state index is 12.9. The zero-order chi connectivity index (χ0) is 26.2. The third-order valence-electron chi connectivity index (χ3n) is 8.64. The summed E-state index contributed by atoms with van der Waals surface area (Å²) >= 11 is 1.73. The van der Waals surface area contributed by atoms with Gasteiger partial charge in [-0.05, 0) is 87.8 Å². The molecule has 0 N–H and O–H groups in total.